The van der Waals surface area contributed by atoms with E-state index in [0.29, 0.717) is 6.54 Å². The van der Waals surface area contributed by atoms with Crippen molar-refractivity contribution in [3.8, 4) is 0 Å². The zero-order valence-corrected chi connectivity index (χ0v) is 11.9. The van der Waals surface area contributed by atoms with Gasteiger partial charge in [-0.1, -0.05) is 0 Å². The highest BCUT2D eigenvalue weighted by molar-refractivity contribution is 9.10. The number of anilines is 2. The van der Waals surface area contributed by atoms with Crippen LogP contribution in [-0.2, 0) is 6.54 Å². The van der Waals surface area contributed by atoms with E-state index in [0.717, 1.165) is 15.5 Å². The molecule has 0 atom stereocenters. The highest BCUT2D eigenvalue weighted by Gasteiger charge is 2.12. The Balaban J connectivity index is 2.20. The Morgan fingerprint density at radius 1 is 1.61 bits per heavy atom. The number of nitrogens with two attached hydrogens (primary N) is 1. The summed E-state index contributed by atoms with van der Waals surface area (Å²) >= 11 is 4.97. The van der Waals surface area contributed by atoms with E-state index in [9.17, 15) is 4.39 Å². The molecule has 0 bridgehead atoms. The van der Waals surface area contributed by atoms with Crippen molar-refractivity contribution in [3.05, 3.63) is 32.8 Å². The number of rotatable bonds is 4. The fourth-order valence-electron chi connectivity index (χ4n) is 1.44. The van der Waals surface area contributed by atoms with Gasteiger partial charge in [0.2, 0.25) is 5.95 Å². The molecule has 18 heavy (non-hydrogen) atoms. The van der Waals surface area contributed by atoms with Crippen LogP contribution < -0.4 is 16.2 Å². The lowest BCUT2D eigenvalue weighted by atomic mass is 10.4. The average Bonchev–Trinajstić information content (AvgIpc) is 2.75. The molecule has 0 radical (unpaired) electrons. The van der Waals surface area contributed by atoms with Crippen molar-refractivity contribution >= 4 is 39.0 Å². The minimum Gasteiger partial charge on any atom is -0.352 e. The number of nitrogen functional groups attached to an aromatic ring is 1. The number of nitrogens with zero attached hydrogens (tertiary/aromatic N) is 3. The predicted molar refractivity (Wildman–Crippen MR) is 73.9 cm³/mol. The Bertz CT molecular complexity index is 547. The van der Waals surface area contributed by atoms with Crippen LogP contribution in [0.15, 0.2) is 22.1 Å². The first-order chi connectivity index (χ1) is 8.60. The number of halogens is 2. The summed E-state index contributed by atoms with van der Waals surface area (Å²) < 4.78 is 14.6. The van der Waals surface area contributed by atoms with Crippen LogP contribution in [0.3, 0.4) is 0 Å². The number of hydrogen-bond acceptors (Lipinski definition) is 6. The summed E-state index contributed by atoms with van der Waals surface area (Å²) in [5.41, 5.74) is 2.30. The summed E-state index contributed by atoms with van der Waals surface area (Å²) in [5, 5.41) is 1.98. The molecule has 0 fully saturated rings. The van der Waals surface area contributed by atoms with Gasteiger partial charge in [0.05, 0.1) is 12.7 Å². The van der Waals surface area contributed by atoms with Crippen LogP contribution in [0.5, 0.6) is 0 Å². The first kappa shape index (κ1) is 13.2. The molecule has 2 aromatic heterocycles. The standard InChI is InChI=1S/C10H11BrFN5S/c1-17(4-7-2-6(11)5-18-7)9-8(12)3-14-10(15-9)16-13/h2-3,5H,4,13H2,1H3,(H,14,15,16). The molecule has 0 saturated heterocycles. The largest absolute Gasteiger partial charge is 0.352 e. The first-order valence-electron chi connectivity index (χ1n) is 5.03. The van der Waals surface area contributed by atoms with Gasteiger partial charge in [0.1, 0.15) is 0 Å². The van der Waals surface area contributed by atoms with Gasteiger partial charge in [-0.15, -0.1) is 11.3 Å². The van der Waals surface area contributed by atoms with Crippen LogP contribution in [0.25, 0.3) is 0 Å². The molecule has 0 amide bonds. The third-order valence-electron chi connectivity index (χ3n) is 2.23. The maximum Gasteiger partial charge on any atom is 0.239 e. The van der Waals surface area contributed by atoms with Crippen LogP contribution >= 0.6 is 27.3 Å². The zero-order valence-electron chi connectivity index (χ0n) is 9.52. The number of hydrazine groups is 1. The summed E-state index contributed by atoms with van der Waals surface area (Å²) in [6, 6.07) is 1.99. The number of nitrogens with one attached hydrogen (secondary N) is 1. The molecule has 8 heteroatoms. The van der Waals surface area contributed by atoms with Crippen LogP contribution in [-0.4, -0.2) is 17.0 Å². The van der Waals surface area contributed by atoms with E-state index in [-0.39, 0.29) is 11.8 Å². The Morgan fingerprint density at radius 2 is 2.39 bits per heavy atom. The highest BCUT2D eigenvalue weighted by atomic mass is 79.9. The molecule has 2 heterocycles. The molecule has 3 N–H and O–H groups in total. The molecular weight excluding hydrogens is 321 g/mol. The van der Waals surface area contributed by atoms with E-state index in [4.69, 9.17) is 5.84 Å². The predicted octanol–water partition coefficient (Wildman–Crippen LogP) is 2.36. The van der Waals surface area contributed by atoms with Crippen molar-refractivity contribution in [3.63, 3.8) is 0 Å². The van der Waals surface area contributed by atoms with Crippen molar-refractivity contribution in [1.29, 1.82) is 0 Å². The zero-order chi connectivity index (χ0) is 13.1. The maximum absolute atomic E-state index is 13.6. The maximum atomic E-state index is 13.6. The smallest absolute Gasteiger partial charge is 0.239 e. The minimum absolute atomic E-state index is 0.186. The number of hydrogen-bond donors (Lipinski definition) is 2. The van der Waals surface area contributed by atoms with Gasteiger partial charge in [0.25, 0.3) is 0 Å². The van der Waals surface area contributed by atoms with E-state index in [1.54, 1.807) is 23.3 Å². The molecule has 0 spiro atoms. The number of aromatic nitrogens is 2. The SMILES string of the molecule is CN(Cc1cc(Br)cs1)c1nc(NN)ncc1F. The Labute approximate surface area is 116 Å². The Hall–Kier alpha value is -1.25. The molecule has 0 aliphatic carbocycles. The van der Waals surface area contributed by atoms with Gasteiger partial charge < -0.3 is 4.90 Å². The quantitative estimate of drug-likeness (QED) is 0.665. The molecule has 0 saturated carbocycles. The minimum atomic E-state index is -0.480. The summed E-state index contributed by atoms with van der Waals surface area (Å²) in [7, 11) is 1.76. The third kappa shape index (κ3) is 2.95. The highest BCUT2D eigenvalue weighted by Crippen LogP contribution is 2.23. The molecule has 96 valence electrons. The van der Waals surface area contributed by atoms with E-state index in [1.807, 2.05) is 11.4 Å². The van der Waals surface area contributed by atoms with Crippen LogP contribution in [0.1, 0.15) is 4.88 Å². The van der Waals surface area contributed by atoms with E-state index < -0.39 is 5.82 Å². The molecular formula is C10H11BrFN5S. The molecule has 0 aliphatic heterocycles. The summed E-state index contributed by atoms with van der Waals surface area (Å²) in [6.45, 7) is 0.564. The van der Waals surface area contributed by atoms with Gasteiger partial charge in [-0.2, -0.15) is 4.98 Å². The Morgan fingerprint density at radius 3 is 3.00 bits per heavy atom. The van der Waals surface area contributed by atoms with Crippen molar-refractivity contribution in [2.45, 2.75) is 6.54 Å². The monoisotopic (exact) mass is 331 g/mol. The van der Waals surface area contributed by atoms with Crippen molar-refractivity contribution in [2.75, 3.05) is 17.4 Å². The fourth-order valence-corrected chi connectivity index (χ4v) is 2.94. The lowest BCUT2D eigenvalue weighted by Gasteiger charge is -2.18. The summed E-state index contributed by atoms with van der Waals surface area (Å²) in [4.78, 5) is 10.5. The van der Waals surface area contributed by atoms with Crippen molar-refractivity contribution in [2.24, 2.45) is 5.84 Å². The van der Waals surface area contributed by atoms with Crippen LogP contribution in [0.4, 0.5) is 16.2 Å². The van der Waals surface area contributed by atoms with Gasteiger partial charge in [-0.3, -0.25) is 5.43 Å². The van der Waals surface area contributed by atoms with Crippen LogP contribution in [0.2, 0.25) is 0 Å². The molecule has 5 nitrogen and oxygen atoms in total. The first-order valence-corrected chi connectivity index (χ1v) is 6.70. The Kier molecular flexibility index (Phi) is 4.10. The van der Waals surface area contributed by atoms with Gasteiger partial charge in [-0.05, 0) is 22.0 Å². The van der Waals surface area contributed by atoms with Crippen LogP contribution in [0, 0.1) is 5.82 Å². The second kappa shape index (κ2) is 5.59. The van der Waals surface area contributed by atoms with Crippen molar-refractivity contribution < 1.29 is 4.39 Å². The van der Waals surface area contributed by atoms with Crippen molar-refractivity contribution in [1.82, 2.24) is 9.97 Å². The molecule has 2 rings (SSSR count). The van der Waals surface area contributed by atoms with Gasteiger partial charge in [0.15, 0.2) is 11.6 Å². The lowest BCUT2D eigenvalue weighted by molar-refractivity contribution is 0.608. The van der Waals surface area contributed by atoms with E-state index in [2.05, 4.69) is 31.3 Å². The van der Waals surface area contributed by atoms with E-state index in [1.165, 1.54) is 0 Å². The summed E-state index contributed by atoms with van der Waals surface area (Å²) in [6.07, 6.45) is 1.10. The van der Waals surface area contributed by atoms with E-state index >= 15 is 0 Å². The second-order valence-corrected chi connectivity index (χ2v) is 5.51. The van der Waals surface area contributed by atoms with Gasteiger partial charge >= 0.3 is 0 Å². The lowest BCUT2D eigenvalue weighted by Crippen LogP contribution is -2.20. The normalized spacial score (nSPS) is 10.4. The third-order valence-corrected chi connectivity index (χ3v) is 3.91. The topological polar surface area (TPSA) is 67.1 Å². The van der Waals surface area contributed by atoms with Gasteiger partial charge in [0, 0.05) is 21.8 Å². The number of thiophene rings is 1. The molecule has 0 aromatic carbocycles. The molecule has 0 aliphatic rings. The van der Waals surface area contributed by atoms with Gasteiger partial charge in [-0.25, -0.2) is 15.2 Å². The fraction of sp³-hybridized carbons (Fsp3) is 0.200. The second-order valence-electron chi connectivity index (χ2n) is 3.60. The molecule has 2 aromatic rings. The average molecular weight is 332 g/mol. The summed E-state index contributed by atoms with van der Waals surface area (Å²) in [5.74, 6) is 5.12. The molecule has 0 unspecified atom stereocenters.